The minimum Gasteiger partial charge on any atom is -0.394 e. The molecule has 1 amide bonds. The number of nitrogens with one attached hydrogen (secondary N) is 1. The van der Waals surface area contributed by atoms with Gasteiger partial charge in [-0.05, 0) is 12.8 Å². The van der Waals surface area contributed by atoms with E-state index in [1.165, 1.54) is 360 Å². The van der Waals surface area contributed by atoms with E-state index < -0.39 is 49.5 Å². The molecule has 1 heterocycles. The Morgan fingerprint density at radius 2 is 0.588 bits per heavy atom. The van der Waals surface area contributed by atoms with E-state index in [4.69, 9.17) is 9.47 Å². The lowest BCUT2D eigenvalue weighted by Gasteiger charge is -2.40. The summed E-state index contributed by atoms with van der Waals surface area (Å²) in [5.74, 6) is -0.132. The number of rotatable bonds is 70. The average molecular weight is 1210 g/mol. The van der Waals surface area contributed by atoms with E-state index in [1.54, 1.807) is 0 Å². The van der Waals surface area contributed by atoms with Gasteiger partial charge in [-0.1, -0.05) is 406 Å². The van der Waals surface area contributed by atoms with Gasteiger partial charge in [0, 0.05) is 6.42 Å². The van der Waals surface area contributed by atoms with Gasteiger partial charge in [0.05, 0.1) is 25.4 Å². The number of carbonyl (C=O) groups excluding carboxylic acids is 1. The van der Waals surface area contributed by atoms with E-state index in [0.29, 0.717) is 12.8 Å². The molecule has 0 bridgehead atoms. The summed E-state index contributed by atoms with van der Waals surface area (Å²) in [5, 5.41) is 55.0. The van der Waals surface area contributed by atoms with Crippen LogP contribution in [0.4, 0.5) is 0 Å². The molecular weight excluding hydrogens is 1050 g/mol. The fourth-order valence-corrected chi connectivity index (χ4v) is 13.2. The summed E-state index contributed by atoms with van der Waals surface area (Å²) in [6, 6.07) is -0.716. The second-order valence-electron chi connectivity index (χ2n) is 27.5. The standard InChI is InChI=1S/C76H151NO8/c1-3-5-7-9-11-13-15-17-19-21-23-25-27-29-30-31-32-33-34-35-36-37-38-39-40-41-42-44-46-48-50-52-54-56-58-60-62-64-66-72(80)77-69(68-84-76-75(83)74(82)73(81)71(67-78)85-76)70(79)65-63-61-59-57-55-53-51-49-47-45-43-28-26-24-22-20-18-16-14-12-10-8-6-4-2/h69-71,73-76,78-79,81-83H,3-68H2,1-2H3,(H,77,80). The monoisotopic (exact) mass is 1210 g/mol. The molecule has 508 valence electrons. The van der Waals surface area contributed by atoms with Crippen LogP contribution in [0.5, 0.6) is 0 Å². The van der Waals surface area contributed by atoms with Gasteiger partial charge < -0.3 is 40.3 Å². The molecule has 9 nitrogen and oxygen atoms in total. The zero-order valence-electron chi connectivity index (χ0n) is 57.2. The second-order valence-corrected chi connectivity index (χ2v) is 27.5. The Morgan fingerprint density at radius 3 is 0.835 bits per heavy atom. The lowest BCUT2D eigenvalue weighted by atomic mass is 9.99. The van der Waals surface area contributed by atoms with Gasteiger partial charge in [-0.15, -0.1) is 0 Å². The van der Waals surface area contributed by atoms with Crippen molar-refractivity contribution < 1.29 is 39.8 Å². The molecule has 0 radical (unpaired) electrons. The van der Waals surface area contributed by atoms with Crippen LogP contribution in [0.3, 0.4) is 0 Å². The van der Waals surface area contributed by atoms with Crippen molar-refractivity contribution in [3.63, 3.8) is 0 Å². The van der Waals surface area contributed by atoms with Crippen LogP contribution in [0.25, 0.3) is 0 Å². The summed E-state index contributed by atoms with van der Waals surface area (Å²) in [4.78, 5) is 13.2. The van der Waals surface area contributed by atoms with Gasteiger partial charge in [-0.25, -0.2) is 0 Å². The van der Waals surface area contributed by atoms with Crippen molar-refractivity contribution >= 4 is 5.91 Å². The van der Waals surface area contributed by atoms with Crippen molar-refractivity contribution in [1.29, 1.82) is 0 Å². The minimum atomic E-state index is -1.55. The third-order valence-corrected chi connectivity index (χ3v) is 19.2. The van der Waals surface area contributed by atoms with Crippen LogP contribution in [-0.4, -0.2) is 87.5 Å². The summed E-state index contributed by atoms with van der Waals surface area (Å²) in [5.41, 5.74) is 0. The van der Waals surface area contributed by atoms with Crippen LogP contribution in [0.15, 0.2) is 0 Å². The van der Waals surface area contributed by atoms with E-state index in [-0.39, 0.29) is 12.5 Å². The molecule has 7 unspecified atom stereocenters. The molecule has 1 saturated heterocycles. The number of unbranched alkanes of at least 4 members (excludes halogenated alkanes) is 60. The molecule has 1 fully saturated rings. The van der Waals surface area contributed by atoms with E-state index in [1.807, 2.05) is 0 Å². The van der Waals surface area contributed by atoms with Crippen LogP contribution < -0.4 is 5.32 Å². The van der Waals surface area contributed by atoms with Crippen LogP contribution in [0.1, 0.15) is 425 Å². The Hall–Kier alpha value is -0.810. The van der Waals surface area contributed by atoms with E-state index in [0.717, 1.165) is 38.5 Å². The number of aliphatic hydroxyl groups is 5. The summed E-state index contributed by atoms with van der Waals surface area (Å²) in [6.45, 7) is 3.92. The average Bonchev–Trinajstić information content (AvgIpc) is 3.71. The van der Waals surface area contributed by atoms with Gasteiger partial charge in [0.1, 0.15) is 24.4 Å². The van der Waals surface area contributed by atoms with Crippen LogP contribution in [0.2, 0.25) is 0 Å². The van der Waals surface area contributed by atoms with E-state index in [9.17, 15) is 30.3 Å². The predicted molar refractivity (Wildman–Crippen MR) is 364 cm³/mol. The Labute approximate surface area is 529 Å². The van der Waals surface area contributed by atoms with Gasteiger partial charge in [-0.3, -0.25) is 4.79 Å². The zero-order valence-corrected chi connectivity index (χ0v) is 57.2. The summed E-state index contributed by atoms with van der Waals surface area (Å²) in [6.07, 6.45) is 77.9. The maximum Gasteiger partial charge on any atom is 0.220 e. The maximum atomic E-state index is 13.2. The smallest absolute Gasteiger partial charge is 0.220 e. The van der Waals surface area contributed by atoms with Crippen LogP contribution in [0, 0.1) is 0 Å². The number of carbonyl (C=O) groups is 1. The third-order valence-electron chi connectivity index (χ3n) is 19.2. The molecule has 9 heteroatoms. The number of hydrogen-bond acceptors (Lipinski definition) is 8. The first kappa shape index (κ1) is 82.2. The predicted octanol–water partition coefficient (Wildman–Crippen LogP) is 21.7. The molecule has 0 aromatic rings. The molecule has 0 spiro atoms. The van der Waals surface area contributed by atoms with Gasteiger partial charge >= 0.3 is 0 Å². The zero-order chi connectivity index (χ0) is 61.4. The number of ether oxygens (including phenoxy) is 2. The largest absolute Gasteiger partial charge is 0.394 e. The van der Waals surface area contributed by atoms with Crippen molar-refractivity contribution in [2.75, 3.05) is 13.2 Å². The van der Waals surface area contributed by atoms with Crippen molar-refractivity contribution in [2.45, 2.75) is 468 Å². The molecular formula is C76H151NO8. The van der Waals surface area contributed by atoms with Crippen molar-refractivity contribution in [3.8, 4) is 0 Å². The summed E-state index contributed by atoms with van der Waals surface area (Å²) < 4.78 is 11.4. The molecule has 1 rings (SSSR count). The number of amides is 1. The van der Waals surface area contributed by atoms with Crippen LogP contribution >= 0.6 is 0 Å². The fourth-order valence-electron chi connectivity index (χ4n) is 13.2. The van der Waals surface area contributed by atoms with Crippen molar-refractivity contribution in [1.82, 2.24) is 5.32 Å². The van der Waals surface area contributed by atoms with Crippen LogP contribution in [-0.2, 0) is 14.3 Å². The Bertz CT molecular complexity index is 1300. The maximum absolute atomic E-state index is 13.2. The Morgan fingerprint density at radius 1 is 0.353 bits per heavy atom. The third kappa shape index (κ3) is 54.6. The van der Waals surface area contributed by atoms with Crippen molar-refractivity contribution in [3.05, 3.63) is 0 Å². The normalized spacial score (nSPS) is 17.9. The lowest BCUT2D eigenvalue weighted by molar-refractivity contribution is -0.302. The van der Waals surface area contributed by atoms with Gasteiger partial charge in [0.15, 0.2) is 6.29 Å². The fraction of sp³-hybridized carbons (Fsp3) is 0.987. The molecule has 1 aliphatic heterocycles. The molecule has 0 aliphatic carbocycles. The molecule has 85 heavy (non-hydrogen) atoms. The number of hydrogen-bond donors (Lipinski definition) is 6. The first-order chi connectivity index (χ1) is 41.8. The first-order valence-electron chi connectivity index (χ1n) is 38.7. The molecule has 1 aliphatic rings. The summed E-state index contributed by atoms with van der Waals surface area (Å²) >= 11 is 0. The highest BCUT2D eigenvalue weighted by molar-refractivity contribution is 5.76. The molecule has 0 aromatic heterocycles. The second kappa shape index (κ2) is 66.1. The molecule has 0 saturated carbocycles. The SMILES string of the molecule is CCCCCCCCCCCCCCCCCCCCCCCCCCCCCCCCCCCCCCCCC(=O)NC(COC1OC(CO)C(O)C(O)C1O)C(O)CCCCCCCCCCCCCCCCCCCCCCCCCC. The molecule has 0 aromatic carbocycles. The highest BCUT2D eigenvalue weighted by Crippen LogP contribution is 2.24. The lowest BCUT2D eigenvalue weighted by Crippen LogP contribution is -2.60. The van der Waals surface area contributed by atoms with E-state index in [2.05, 4.69) is 19.2 Å². The summed E-state index contributed by atoms with van der Waals surface area (Å²) in [7, 11) is 0. The Kier molecular flexibility index (Phi) is 63.9. The highest BCUT2D eigenvalue weighted by atomic mass is 16.7. The van der Waals surface area contributed by atoms with E-state index >= 15 is 0 Å². The number of aliphatic hydroxyl groups excluding tert-OH is 5. The first-order valence-corrected chi connectivity index (χ1v) is 38.7. The van der Waals surface area contributed by atoms with Gasteiger partial charge in [-0.2, -0.15) is 0 Å². The van der Waals surface area contributed by atoms with Crippen molar-refractivity contribution in [2.24, 2.45) is 0 Å². The van der Waals surface area contributed by atoms with Gasteiger partial charge in [0.2, 0.25) is 5.91 Å². The highest BCUT2D eigenvalue weighted by Gasteiger charge is 2.44. The molecule has 6 N–H and O–H groups in total. The minimum absolute atomic E-state index is 0.130. The Balaban J connectivity index is 2.02. The molecule has 7 atom stereocenters. The van der Waals surface area contributed by atoms with Gasteiger partial charge in [0.25, 0.3) is 0 Å². The topological polar surface area (TPSA) is 149 Å². The quantitative estimate of drug-likeness (QED) is 0.0330.